The van der Waals surface area contributed by atoms with Crippen molar-refractivity contribution in [1.29, 1.82) is 0 Å². The van der Waals surface area contributed by atoms with Gasteiger partial charge in [-0.15, -0.1) is 0 Å². The lowest BCUT2D eigenvalue weighted by atomic mass is 10.1. The normalized spacial score (nSPS) is 27.5. The SMILES string of the molecule is Cc1cn2cc(C3=CC(=O)N4C=C(N5CC(C)N[C@@H](C)C5)C=CC4P3)cc2c(C)n1. The molecule has 30 heavy (non-hydrogen) atoms. The molecule has 1 amide bonds. The number of nitrogens with one attached hydrogen (secondary N) is 1. The summed E-state index contributed by atoms with van der Waals surface area (Å²) in [7, 11) is 0.524. The molecule has 3 aliphatic heterocycles. The summed E-state index contributed by atoms with van der Waals surface area (Å²) < 4.78 is 2.12. The highest BCUT2D eigenvalue weighted by atomic mass is 31.1. The number of fused-ring (bicyclic) bond motifs is 2. The Morgan fingerprint density at radius 1 is 1.17 bits per heavy atom. The number of aromatic nitrogens is 2. The van der Waals surface area contributed by atoms with Crippen LogP contribution in [0, 0.1) is 13.8 Å². The zero-order valence-corrected chi connectivity index (χ0v) is 18.9. The lowest BCUT2D eigenvalue weighted by molar-refractivity contribution is -0.123. The molecule has 3 unspecified atom stereocenters. The summed E-state index contributed by atoms with van der Waals surface area (Å²) in [5, 5.41) is 4.69. The van der Waals surface area contributed by atoms with Crippen LogP contribution >= 0.6 is 8.58 Å². The van der Waals surface area contributed by atoms with Crippen LogP contribution in [-0.2, 0) is 4.79 Å². The van der Waals surface area contributed by atoms with E-state index in [9.17, 15) is 4.79 Å². The van der Waals surface area contributed by atoms with Gasteiger partial charge < -0.3 is 19.5 Å². The van der Waals surface area contributed by atoms with E-state index in [0.29, 0.717) is 20.7 Å². The number of aryl methyl sites for hydroxylation is 2. The smallest absolute Gasteiger partial charge is 0.252 e. The van der Waals surface area contributed by atoms with E-state index in [1.807, 2.05) is 37.2 Å². The third-order valence-corrected chi connectivity index (χ3v) is 7.48. The Kier molecular flexibility index (Phi) is 4.79. The number of carbonyl (C=O) groups is 1. The molecule has 5 heterocycles. The van der Waals surface area contributed by atoms with Gasteiger partial charge in [0.2, 0.25) is 0 Å². The second-order valence-electron chi connectivity index (χ2n) is 8.67. The number of allylic oxidation sites excluding steroid dienone is 1. The lowest BCUT2D eigenvalue weighted by Gasteiger charge is -2.41. The molecule has 0 bridgehead atoms. The van der Waals surface area contributed by atoms with Crippen LogP contribution in [-0.4, -0.2) is 56.0 Å². The summed E-state index contributed by atoms with van der Waals surface area (Å²) in [6.45, 7) is 10.4. The molecular formula is C23H28N5OP. The maximum Gasteiger partial charge on any atom is 0.252 e. The van der Waals surface area contributed by atoms with Crippen LogP contribution in [0.15, 0.2) is 48.6 Å². The fourth-order valence-electron chi connectivity index (χ4n) is 4.73. The van der Waals surface area contributed by atoms with Crippen molar-refractivity contribution in [3.63, 3.8) is 0 Å². The molecule has 0 aliphatic carbocycles. The van der Waals surface area contributed by atoms with Gasteiger partial charge in [-0.25, -0.2) is 0 Å². The van der Waals surface area contributed by atoms with Gasteiger partial charge in [0.05, 0.1) is 28.4 Å². The largest absolute Gasteiger partial charge is 0.367 e. The van der Waals surface area contributed by atoms with Gasteiger partial charge in [-0.1, -0.05) is 14.7 Å². The van der Waals surface area contributed by atoms with Crippen LogP contribution in [0.4, 0.5) is 0 Å². The number of nitrogens with zero attached hydrogens (tertiary/aromatic N) is 4. The maximum absolute atomic E-state index is 13.0. The number of carbonyl (C=O) groups excluding carboxylic acids is 1. The molecule has 0 aromatic carbocycles. The van der Waals surface area contributed by atoms with Crippen molar-refractivity contribution in [2.75, 3.05) is 13.1 Å². The molecule has 1 saturated heterocycles. The summed E-state index contributed by atoms with van der Waals surface area (Å²) >= 11 is 0. The van der Waals surface area contributed by atoms with E-state index in [1.165, 1.54) is 0 Å². The summed E-state index contributed by atoms with van der Waals surface area (Å²) in [5.74, 6) is 0.163. The molecule has 7 heteroatoms. The van der Waals surface area contributed by atoms with Crippen molar-refractivity contribution in [3.8, 4) is 0 Å². The first-order chi connectivity index (χ1) is 14.4. The fraction of sp³-hybridized carbons (Fsp3) is 0.391. The number of hydrogen-bond acceptors (Lipinski definition) is 4. The van der Waals surface area contributed by atoms with Crippen LogP contribution in [0.1, 0.15) is 30.8 Å². The molecule has 1 N–H and O–H groups in total. The molecule has 0 radical (unpaired) electrons. The molecule has 1 fully saturated rings. The average Bonchev–Trinajstić information content (AvgIpc) is 3.11. The van der Waals surface area contributed by atoms with Gasteiger partial charge in [0.15, 0.2) is 0 Å². The highest BCUT2D eigenvalue weighted by Crippen LogP contribution is 2.45. The van der Waals surface area contributed by atoms with Gasteiger partial charge in [0.25, 0.3) is 5.91 Å². The van der Waals surface area contributed by atoms with E-state index in [2.05, 4.69) is 57.9 Å². The second-order valence-corrected chi connectivity index (χ2v) is 10.1. The Morgan fingerprint density at radius 3 is 2.70 bits per heavy atom. The first kappa shape index (κ1) is 19.5. The molecule has 6 nitrogen and oxygen atoms in total. The predicted octanol–water partition coefficient (Wildman–Crippen LogP) is 3.23. The van der Waals surface area contributed by atoms with Crippen LogP contribution in [0.3, 0.4) is 0 Å². The third-order valence-electron chi connectivity index (χ3n) is 5.97. The van der Waals surface area contributed by atoms with Crippen LogP contribution < -0.4 is 5.32 Å². The topological polar surface area (TPSA) is 52.9 Å². The van der Waals surface area contributed by atoms with Crippen LogP contribution in [0.5, 0.6) is 0 Å². The zero-order valence-electron chi connectivity index (χ0n) is 17.9. The molecule has 5 rings (SSSR count). The molecule has 3 aliphatic rings. The first-order valence-electron chi connectivity index (χ1n) is 10.6. The Bertz CT molecular complexity index is 1100. The first-order valence-corrected chi connectivity index (χ1v) is 11.6. The number of hydrogen-bond donors (Lipinski definition) is 1. The monoisotopic (exact) mass is 421 g/mol. The minimum atomic E-state index is 0.0631. The molecule has 0 spiro atoms. The van der Waals surface area contributed by atoms with Crippen LogP contribution in [0.2, 0.25) is 0 Å². The van der Waals surface area contributed by atoms with Crippen molar-refractivity contribution in [2.45, 2.75) is 45.6 Å². The van der Waals surface area contributed by atoms with E-state index < -0.39 is 0 Å². The summed E-state index contributed by atoms with van der Waals surface area (Å²) in [5.41, 5.74) is 5.35. The molecule has 156 valence electrons. The predicted molar refractivity (Wildman–Crippen MR) is 122 cm³/mol. The molecule has 2 aromatic heterocycles. The summed E-state index contributed by atoms with van der Waals surface area (Å²) in [6.07, 6.45) is 12.4. The van der Waals surface area contributed by atoms with Gasteiger partial charge in [-0.3, -0.25) is 9.78 Å². The fourth-order valence-corrected chi connectivity index (χ4v) is 6.09. The van der Waals surface area contributed by atoms with Crippen molar-refractivity contribution in [1.82, 2.24) is 24.5 Å². The van der Waals surface area contributed by atoms with E-state index >= 15 is 0 Å². The van der Waals surface area contributed by atoms with Gasteiger partial charge in [-0.2, -0.15) is 0 Å². The second kappa shape index (κ2) is 7.36. The summed E-state index contributed by atoms with van der Waals surface area (Å²) in [6, 6.07) is 3.04. The van der Waals surface area contributed by atoms with E-state index in [-0.39, 0.29) is 11.7 Å². The lowest BCUT2D eigenvalue weighted by Crippen LogP contribution is -2.54. The Hall–Kier alpha value is -2.43. The molecule has 0 saturated carbocycles. The minimum absolute atomic E-state index is 0.0631. The highest BCUT2D eigenvalue weighted by molar-refractivity contribution is 7.51. The van der Waals surface area contributed by atoms with E-state index in [1.54, 1.807) is 0 Å². The molecular weight excluding hydrogens is 393 g/mol. The maximum atomic E-state index is 13.0. The van der Waals surface area contributed by atoms with Gasteiger partial charge in [0, 0.05) is 55.4 Å². The van der Waals surface area contributed by atoms with E-state index in [4.69, 9.17) is 0 Å². The number of piperazine rings is 1. The Morgan fingerprint density at radius 2 is 1.93 bits per heavy atom. The van der Waals surface area contributed by atoms with Crippen molar-refractivity contribution in [3.05, 3.63) is 65.5 Å². The van der Waals surface area contributed by atoms with Crippen molar-refractivity contribution in [2.24, 2.45) is 0 Å². The zero-order chi connectivity index (χ0) is 21.0. The Labute approximate surface area is 179 Å². The van der Waals surface area contributed by atoms with Gasteiger partial charge >= 0.3 is 0 Å². The van der Waals surface area contributed by atoms with Crippen LogP contribution in [0.25, 0.3) is 10.8 Å². The van der Waals surface area contributed by atoms with Crippen molar-refractivity contribution < 1.29 is 4.79 Å². The summed E-state index contributed by atoms with van der Waals surface area (Å²) in [4.78, 5) is 21.9. The Balaban J connectivity index is 1.42. The van der Waals surface area contributed by atoms with Gasteiger partial charge in [-0.05, 0) is 45.2 Å². The third kappa shape index (κ3) is 3.48. The van der Waals surface area contributed by atoms with Crippen molar-refractivity contribution >= 4 is 25.3 Å². The molecule has 4 atom stereocenters. The number of amides is 1. The molecule has 2 aromatic rings. The van der Waals surface area contributed by atoms with Gasteiger partial charge in [0.1, 0.15) is 0 Å². The quantitative estimate of drug-likeness (QED) is 0.757. The minimum Gasteiger partial charge on any atom is -0.367 e. The standard InChI is InChI=1S/C23H28N5OP/c1-14-9-26(10-15(2)24-14)19-5-6-23-28(13-19)22(29)8-21(30-23)18-7-20-17(4)25-16(3)11-27(20)12-18/h5-8,11-15,23-24,30H,9-10H2,1-4H3/t14-,15?,23?/m0/s1. The number of rotatable bonds is 2. The highest BCUT2D eigenvalue weighted by Gasteiger charge is 2.31. The van der Waals surface area contributed by atoms with E-state index in [0.717, 1.165) is 46.6 Å². The average molecular weight is 421 g/mol.